The number of nitrogens with one attached hydrogen (secondary N) is 2. The van der Waals surface area contributed by atoms with E-state index in [9.17, 15) is 14.9 Å². The second-order valence-electron chi connectivity index (χ2n) is 6.08. The smallest absolute Gasteiger partial charge is 0.266 e. The van der Waals surface area contributed by atoms with Gasteiger partial charge in [-0.05, 0) is 60.2 Å². The van der Waals surface area contributed by atoms with Crippen molar-refractivity contribution in [3.63, 3.8) is 0 Å². The van der Waals surface area contributed by atoms with Gasteiger partial charge in [-0.15, -0.1) is 0 Å². The lowest BCUT2D eigenvalue weighted by Crippen LogP contribution is -2.13. The minimum Gasteiger partial charge on any atom is -0.322 e. The Labute approximate surface area is 173 Å². The Kier molecular flexibility index (Phi) is 6.41. The Morgan fingerprint density at radius 1 is 0.862 bits per heavy atom. The molecule has 0 aromatic heterocycles. The second kappa shape index (κ2) is 9.36. The summed E-state index contributed by atoms with van der Waals surface area (Å²) in [4.78, 5) is 24.7. The maximum atomic E-state index is 12.3. The van der Waals surface area contributed by atoms with Gasteiger partial charge in [-0.1, -0.05) is 41.9 Å². The van der Waals surface area contributed by atoms with E-state index in [0.717, 1.165) is 0 Å². The van der Waals surface area contributed by atoms with Crippen LogP contribution in [0.25, 0.3) is 6.08 Å². The van der Waals surface area contributed by atoms with E-state index in [1.807, 2.05) is 12.1 Å². The van der Waals surface area contributed by atoms with Crippen molar-refractivity contribution in [1.82, 2.24) is 0 Å². The first-order chi connectivity index (χ1) is 14.0. The number of para-hydroxylation sites is 1. The van der Waals surface area contributed by atoms with Crippen LogP contribution in [0, 0.1) is 11.3 Å². The van der Waals surface area contributed by atoms with Crippen LogP contribution in [-0.2, 0) is 4.79 Å². The molecule has 3 aromatic rings. The van der Waals surface area contributed by atoms with E-state index < -0.39 is 5.91 Å². The zero-order valence-electron chi connectivity index (χ0n) is 15.2. The fourth-order valence-corrected chi connectivity index (χ4v) is 2.67. The standard InChI is InChI=1S/C23H16ClN3O2/c24-19-11-9-17(10-12-19)22(28)27-21-8-4-5-16(14-21)13-18(15-25)23(29)26-20-6-2-1-3-7-20/h1-14H,(H,26,29)(H,27,28)/b18-13+. The number of nitrogens with zero attached hydrogens (tertiary/aromatic N) is 1. The molecule has 0 aliphatic rings. The molecule has 0 saturated heterocycles. The van der Waals surface area contributed by atoms with Crippen molar-refractivity contribution in [3.05, 3.63) is 101 Å². The van der Waals surface area contributed by atoms with Gasteiger partial charge in [0.25, 0.3) is 11.8 Å². The van der Waals surface area contributed by atoms with Crippen molar-refractivity contribution in [2.75, 3.05) is 10.6 Å². The quantitative estimate of drug-likeness (QED) is 0.458. The summed E-state index contributed by atoms with van der Waals surface area (Å²) in [6.07, 6.45) is 1.47. The lowest BCUT2D eigenvalue weighted by molar-refractivity contribution is -0.112. The summed E-state index contributed by atoms with van der Waals surface area (Å²) in [5.74, 6) is -0.792. The number of benzene rings is 3. The Hall–Kier alpha value is -3.88. The molecule has 0 unspecified atom stereocenters. The summed E-state index contributed by atoms with van der Waals surface area (Å²) in [6.45, 7) is 0. The maximum absolute atomic E-state index is 12.3. The summed E-state index contributed by atoms with van der Waals surface area (Å²) in [5, 5.41) is 15.4. The lowest BCUT2D eigenvalue weighted by Gasteiger charge is -2.07. The van der Waals surface area contributed by atoms with E-state index in [-0.39, 0.29) is 11.5 Å². The molecule has 0 fully saturated rings. The molecule has 0 atom stereocenters. The third-order valence-corrected chi connectivity index (χ3v) is 4.21. The first-order valence-corrected chi connectivity index (χ1v) is 9.08. The number of anilines is 2. The molecule has 0 spiro atoms. The molecule has 0 aliphatic carbocycles. The minimum absolute atomic E-state index is 0.0463. The summed E-state index contributed by atoms with van der Waals surface area (Å²) in [7, 11) is 0. The number of hydrogen-bond donors (Lipinski definition) is 2. The second-order valence-corrected chi connectivity index (χ2v) is 6.51. The van der Waals surface area contributed by atoms with E-state index >= 15 is 0 Å². The Morgan fingerprint density at radius 3 is 2.24 bits per heavy atom. The van der Waals surface area contributed by atoms with Crippen LogP contribution in [-0.4, -0.2) is 11.8 Å². The molecule has 3 aromatic carbocycles. The predicted octanol–water partition coefficient (Wildman–Crippen LogP) is 5.14. The third kappa shape index (κ3) is 5.55. The monoisotopic (exact) mass is 401 g/mol. The van der Waals surface area contributed by atoms with E-state index in [4.69, 9.17) is 11.6 Å². The van der Waals surface area contributed by atoms with Gasteiger partial charge in [-0.25, -0.2) is 0 Å². The van der Waals surface area contributed by atoms with Gasteiger partial charge in [0.15, 0.2) is 0 Å². The minimum atomic E-state index is -0.505. The van der Waals surface area contributed by atoms with E-state index in [0.29, 0.717) is 27.5 Å². The fraction of sp³-hybridized carbons (Fsp3) is 0. The summed E-state index contributed by atoms with van der Waals surface area (Å²) in [6, 6.07) is 24.2. The van der Waals surface area contributed by atoms with Crippen LogP contribution in [0.3, 0.4) is 0 Å². The van der Waals surface area contributed by atoms with Crippen molar-refractivity contribution < 1.29 is 9.59 Å². The van der Waals surface area contributed by atoms with E-state index in [1.165, 1.54) is 6.08 Å². The van der Waals surface area contributed by atoms with Crippen molar-refractivity contribution in [1.29, 1.82) is 5.26 Å². The van der Waals surface area contributed by atoms with Crippen molar-refractivity contribution in [2.24, 2.45) is 0 Å². The highest BCUT2D eigenvalue weighted by molar-refractivity contribution is 6.30. The van der Waals surface area contributed by atoms with Crippen LogP contribution in [0.2, 0.25) is 5.02 Å². The molecule has 29 heavy (non-hydrogen) atoms. The highest BCUT2D eigenvalue weighted by Gasteiger charge is 2.10. The maximum Gasteiger partial charge on any atom is 0.266 e. The van der Waals surface area contributed by atoms with Crippen LogP contribution >= 0.6 is 11.6 Å². The van der Waals surface area contributed by atoms with Gasteiger partial charge in [-0.3, -0.25) is 9.59 Å². The summed E-state index contributed by atoms with van der Waals surface area (Å²) < 4.78 is 0. The number of carbonyl (C=O) groups excluding carboxylic acids is 2. The normalized spacial score (nSPS) is 10.7. The zero-order chi connectivity index (χ0) is 20.6. The van der Waals surface area contributed by atoms with Gasteiger partial charge in [0.1, 0.15) is 11.6 Å². The molecule has 142 valence electrons. The van der Waals surface area contributed by atoms with Crippen LogP contribution in [0.15, 0.2) is 84.4 Å². The van der Waals surface area contributed by atoms with Crippen LogP contribution in [0.4, 0.5) is 11.4 Å². The van der Waals surface area contributed by atoms with Crippen LogP contribution in [0.5, 0.6) is 0 Å². The van der Waals surface area contributed by atoms with Crippen LogP contribution in [0.1, 0.15) is 15.9 Å². The number of halogens is 1. The average molecular weight is 402 g/mol. The molecule has 0 aliphatic heterocycles. The first kappa shape index (κ1) is 19.9. The number of rotatable bonds is 5. The molecule has 3 rings (SSSR count). The van der Waals surface area contributed by atoms with Crippen LogP contribution < -0.4 is 10.6 Å². The van der Waals surface area contributed by atoms with Crippen molar-refractivity contribution in [2.45, 2.75) is 0 Å². The molecular weight excluding hydrogens is 386 g/mol. The fourth-order valence-electron chi connectivity index (χ4n) is 2.55. The molecule has 5 nitrogen and oxygen atoms in total. The molecule has 0 saturated carbocycles. The highest BCUT2D eigenvalue weighted by Crippen LogP contribution is 2.17. The Balaban J connectivity index is 1.75. The summed E-state index contributed by atoms with van der Waals surface area (Å²) in [5.41, 5.74) is 2.17. The predicted molar refractivity (Wildman–Crippen MR) is 115 cm³/mol. The number of amides is 2. The number of nitriles is 1. The van der Waals surface area contributed by atoms with Gasteiger partial charge in [0.05, 0.1) is 0 Å². The first-order valence-electron chi connectivity index (χ1n) is 8.70. The molecule has 6 heteroatoms. The Morgan fingerprint density at radius 2 is 1.55 bits per heavy atom. The van der Waals surface area contributed by atoms with Gasteiger partial charge < -0.3 is 10.6 Å². The SMILES string of the molecule is N#C/C(=C\c1cccc(NC(=O)c2ccc(Cl)cc2)c1)C(=O)Nc1ccccc1. The van der Waals surface area contributed by atoms with Gasteiger partial charge in [-0.2, -0.15) is 5.26 Å². The van der Waals surface area contributed by atoms with Crippen molar-refractivity contribution >= 4 is 40.9 Å². The average Bonchev–Trinajstić information content (AvgIpc) is 2.73. The lowest BCUT2D eigenvalue weighted by atomic mass is 10.1. The Bertz CT molecular complexity index is 1100. The number of carbonyl (C=O) groups is 2. The molecule has 0 radical (unpaired) electrons. The molecule has 0 bridgehead atoms. The zero-order valence-corrected chi connectivity index (χ0v) is 16.0. The highest BCUT2D eigenvalue weighted by atomic mass is 35.5. The third-order valence-electron chi connectivity index (χ3n) is 3.96. The van der Waals surface area contributed by atoms with E-state index in [2.05, 4.69) is 10.6 Å². The largest absolute Gasteiger partial charge is 0.322 e. The van der Waals surface area contributed by atoms with E-state index in [1.54, 1.807) is 72.8 Å². The van der Waals surface area contributed by atoms with Gasteiger partial charge in [0, 0.05) is 22.0 Å². The molecule has 2 amide bonds. The molecule has 0 heterocycles. The summed E-state index contributed by atoms with van der Waals surface area (Å²) >= 11 is 5.84. The molecular formula is C23H16ClN3O2. The topological polar surface area (TPSA) is 82.0 Å². The van der Waals surface area contributed by atoms with Gasteiger partial charge >= 0.3 is 0 Å². The van der Waals surface area contributed by atoms with Crippen molar-refractivity contribution in [3.8, 4) is 6.07 Å². The number of hydrogen-bond acceptors (Lipinski definition) is 3. The van der Waals surface area contributed by atoms with Gasteiger partial charge in [0.2, 0.25) is 0 Å². The molecule has 2 N–H and O–H groups in total.